The van der Waals surface area contributed by atoms with E-state index in [-0.39, 0.29) is 5.91 Å². The van der Waals surface area contributed by atoms with Gasteiger partial charge in [0.25, 0.3) is 5.91 Å². The number of benzene rings is 1. The Labute approximate surface area is 144 Å². The maximum Gasteiger partial charge on any atom is 0.251 e. The van der Waals surface area contributed by atoms with Crippen LogP contribution in [0.5, 0.6) is 0 Å². The highest BCUT2D eigenvalue weighted by atomic mass is 35.5. The zero-order valence-corrected chi connectivity index (χ0v) is 13.9. The molecule has 0 atom stereocenters. The molecule has 0 fully saturated rings. The van der Waals surface area contributed by atoms with Crippen molar-refractivity contribution in [2.45, 2.75) is 13.3 Å². The van der Waals surface area contributed by atoms with Gasteiger partial charge in [-0.1, -0.05) is 17.7 Å². The molecule has 0 aliphatic heterocycles. The molecule has 0 aliphatic rings. The molecule has 0 saturated heterocycles. The smallest absolute Gasteiger partial charge is 0.251 e. The van der Waals surface area contributed by atoms with Gasteiger partial charge in [-0.05, 0) is 37.3 Å². The lowest BCUT2D eigenvalue weighted by Gasteiger charge is -2.06. The number of nitrogens with zero attached hydrogens (tertiary/aromatic N) is 4. The molecule has 2 aromatic heterocycles. The summed E-state index contributed by atoms with van der Waals surface area (Å²) in [4.78, 5) is 12.1. The van der Waals surface area contributed by atoms with Gasteiger partial charge in [0.05, 0.1) is 0 Å². The second kappa shape index (κ2) is 7.27. The number of carbonyl (C=O) groups excluding carboxylic acids is 1. The average Bonchev–Trinajstić information content (AvgIpc) is 2.98. The molecule has 124 valence electrons. The van der Waals surface area contributed by atoms with Gasteiger partial charge >= 0.3 is 0 Å². The van der Waals surface area contributed by atoms with Gasteiger partial charge in [0.15, 0.2) is 11.5 Å². The van der Waals surface area contributed by atoms with Gasteiger partial charge in [0.2, 0.25) is 0 Å². The van der Waals surface area contributed by atoms with Crippen molar-refractivity contribution in [1.82, 2.24) is 25.1 Å². The molecule has 8 heteroatoms. The highest BCUT2D eigenvalue weighted by Crippen LogP contribution is 2.10. The fourth-order valence-electron chi connectivity index (χ4n) is 2.28. The standard InChI is InChI=1S/C16H17ClN6O/c1-2-18-13-6-7-14-20-21-15(23(14)22-13)8-9-19-16(24)11-4-3-5-12(17)10-11/h3-7,10H,2,8-9H2,1H3,(H,18,22)(H,19,24). The van der Waals surface area contributed by atoms with Crippen LogP contribution >= 0.6 is 11.6 Å². The molecule has 0 saturated carbocycles. The maximum absolute atomic E-state index is 12.1. The van der Waals surface area contributed by atoms with E-state index >= 15 is 0 Å². The van der Waals surface area contributed by atoms with Gasteiger partial charge in [0, 0.05) is 30.1 Å². The number of amides is 1. The molecule has 0 radical (unpaired) electrons. The lowest BCUT2D eigenvalue weighted by atomic mass is 10.2. The largest absolute Gasteiger partial charge is 0.369 e. The Bertz CT molecular complexity index is 863. The number of carbonyl (C=O) groups is 1. The lowest BCUT2D eigenvalue weighted by Crippen LogP contribution is -2.26. The molecule has 0 bridgehead atoms. The van der Waals surface area contributed by atoms with E-state index in [0.717, 1.165) is 12.4 Å². The Morgan fingerprint density at radius 2 is 2.12 bits per heavy atom. The van der Waals surface area contributed by atoms with E-state index in [2.05, 4.69) is 25.9 Å². The quantitative estimate of drug-likeness (QED) is 0.716. The van der Waals surface area contributed by atoms with Gasteiger partial charge in [-0.25, -0.2) is 0 Å². The fourth-order valence-corrected chi connectivity index (χ4v) is 2.47. The molecular formula is C16H17ClN6O. The monoisotopic (exact) mass is 344 g/mol. The third-order valence-electron chi connectivity index (χ3n) is 3.41. The predicted molar refractivity (Wildman–Crippen MR) is 92.4 cm³/mol. The summed E-state index contributed by atoms with van der Waals surface area (Å²) in [7, 11) is 0. The molecular weight excluding hydrogens is 328 g/mol. The minimum absolute atomic E-state index is 0.174. The second-order valence-electron chi connectivity index (χ2n) is 5.15. The molecule has 0 spiro atoms. The van der Waals surface area contributed by atoms with Crippen molar-refractivity contribution in [3.05, 3.63) is 52.8 Å². The first-order valence-corrected chi connectivity index (χ1v) is 8.04. The van der Waals surface area contributed by atoms with Crippen LogP contribution in [-0.2, 0) is 6.42 Å². The summed E-state index contributed by atoms with van der Waals surface area (Å²) in [5, 5.41) is 19.2. The molecule has 2 heterocycles. The number of anilines is 1. The third-order valence-corrected chi connectivity index (χ3v) is 3.64. The summed E-state index contributed by atoms with van der Waals surface area (Å²) in [6.07, 6.45) is 0.524. The Balaban J connectivity index is 1.65. The van der Waals surface area contributed by atoms with Crippen LogP contribution in [0.25, 0.3) is 5.65 Å². The van der Waals surface area contributed by atoms with Crippen LogP contribution in [0.1, 0.15) is 23.1 Å². The first-order chi connectivity index (χ1) is 11.7. The van der Waals surface area contributed by atoms with Crippen molar-refractivity contribution in [2.75, 3.05) is 18.4 Å². The lowest BCUT2D eigenvalue weighted by molar-refractivity contribution is 0.0954. The van der Waals surface area contributed by atoms with E-state index in [1.54, 1.807) is 28.8 Å². The van der Waals surface area contributed by atoms with Crippen LogP contribution in [0.15, 0.2) is 36.4 Å². The van der Waals surface area contributed by atoms with Crippen LogP contribution in [0.3, 0.4) is 0 Å². The number of fused-ring (bicyclic) bond motifs is 1. The third kappa shape index (κ3) is 3.62. The zero-order valence-electron chi connectivity index (χ0n) is 13.2. The van der Waals surface area contributed by atoms with Gasteiger partial charge in [-0.3, -0.25) is 4.79 Å². The van der Waals surface area contributed by atoms with Gasteiger partial charge in [-0.2, -0.15) is 4.52 Å². The molecule has 2 N–H and O–H groups in total. The first-order valence-electron chi connectivity index (χ1n) is 7.66. The van der Waals surface area contributed by atoms with Crippen LogP contribution < -0.4 is 10.6 Å². The fraction of sp³-hybridized carbons (Fsp3) is 0.250. The van der Waals surface area contributed by atoms with Gasteiger partial charge < -0.3 is 10.6 Å². The summed E-state index contributed by atoms with van der Waals surface area (Å²) in [6, 6.07) is 10.5. The van der Waals surface area contributed by atoms with E-state index in [9.17, 15) is 4.79 Å². The van der Waals surface area contributed by atoms with E-state index in [0.29, 0.717) is 35.0 Å². The van der Waals surface area contributed by atoms with Crippen molar-refractivity contribution in [1.29, 1.82) is 0 Å². The molecule has 0 unspecified atom stereocenters. The Morgan fingerprint density at radius 1 is 1.25 bits per heavy atom. The van der Waals surface area contributed by atoms with Crippen LogP contribution in [0.4, 0.5) is 5.82 Å². The molecule has 3 aromatic rings. The summed E-state index contributed by atoms with van der Waals surface area (Å²) < 4.78 is 1.68. The molecule has 0 aliphatic carbocycles. The topological polar surface area (TPSA) is 84.2 Å². The van der Waals surface area contributed by atoms with Crippen molar-refractivity contribution < 1.29 is 4.79 Å². The molecule has 24 heavy (non-hydrogen) atoms. The maximum atomic E-state index is 12.1. The van der Waals surface area contributed by atoms with Crippen molar-refractivity contribution in [3.63, 3.8) is 0 Å². The Hall–Kier alpha value is -2.67. The summed E-state index contributed by atoms with van der Waals surface area (Å²) in [5.41, 5.74) is 1.20. The number of rotatable bonds is 6. The van der Waals surface area contributed by atoms with Gasteiger partial charge in [0.1, 0.15) is 5.82 Å². The molecule has 1 amide bonds. The Kier molecular flexibility index (Phi) is 4.90. The number of hydrogen-bond acceptors (Lipinski definition) is 5. The highest BCUT2D eigenvalue weighted by molar-refractivity contribution is 6.30. The molecule has 7 nitrogen and oxygen atoms in total. The van der Waals surface area contributed by atoms with E-state index in [1.807, 2.05) is 19.1 Å². The minimum atomic E-state index is -0.174. The Morgan fingerprint density at radius 3 is 2.92 bits per heavy atom. The average molecular weight is 345 g/mol. The highest BCUT2D eigenvalue weighted by Gasteiger charge is 2.09. The number of halogens is 1. The summed E-state index contributed by atoms with van der Waals surface area (Å²) >= 11 is 5.89. The number of nitrogens with one attached hydrogen (secondary N) is 2. The minimum Gasteiger partial charge on any atom is -0.369 e. The van der Waals surface area contributed by atoms with Crippen molar-refractivity contribution in [2.24, 2.45) is 0 Å². The number of hydrogen-bond donors (Lipinski definition) is 2. The molecule has 1 aromatic carbocycles. The van der Waals surface area contributed by atoms with E-state index in [1.165, 1.54) is 0 Å². The summed E-state index contributed by atoms with van der Waals surface area (Å²) in [6.45, 7) is 3.22. The normalized spacial score (nSPS) is 10.8. The first kappa shape index (κ1) is 16.2. The van der Waals surface area contributed by atoms with Gasteiger partial charge in [-0.15, -0.1) is 15.3 Å². The van der Waals surface area contributed by atoms with Crippen molar-refractivity contribution in [3.8, 4) is 0 Å². The van der Waals surface area contributed by atoms with Crippen molar-refractivity contribution >= 4 is 29.0 Å². The summed E-state index contributed by atoms with van der Waals surface area (Å²) in [5.74, 6) is 1.28. The SMILES string of the molecule is CCNc1ccc2nnc(CCNC(=O)c3cccc(Cl)c3)n2n1. The molecule has 3 rings (SSSR count). The van der Waals surface area contributed by atoms with E-state index < -0.39 is 0 Å². The number of aromatic nitrogens is 4. The van der Waals surface area contributed by atoms with Crippen LogP contribution in [0.2, 0.25) is 5.02 Å². The predicted octanol–water partition coefficient (Wildman–Crippen LogP) is 2.18. The van der Waals surface area contributed by atoms with Crippen LogP contribution in [0, 0.1) is 0 Å². The van der Waals surface area contributed by atoms with E-state index in [4.69, 9.17) is 11.6 Å². The van der Waals surface area contributed by atoms with Crippen LogP contribution in [-0.4, -0.2) is 38.8 Å². The zero-order chi connectivity index (χ0) is 16.9. The second-order valence-corrected chi connectivity index (χ2v) is 5.59.